The molecule has 2 saturated heterocycles. The Hall–Kier alpha value is 0.940. The summed E-state index contributed by atoms with van der Waals surface area (Å²) in [5.41, 5.74) is 0. The van der Waals surface area contributed by atoms with Crippen LogP contribution in [0.4, 0.5) is 0 Å². The van der Waals surface area contributed by atoms with Gasteiger partial charge in [0.2, 0.25) is 0 Å². The molecular formula is C2H9B4NaO8. The van der Waals surface area contributed by atoms with Gasteiger partial charge >= 0.3 is 58.8 Å². The van der Waals surface area contributed by atoms with Gasteiger partial charge in [0.1, 0.15) is 0 Å². The minimum atomic E-state index is -1.45. The third-order valence-corrected chi connectivity index (χ3v) is 1.13. The van der Waals surface area contributed by atoms with Crippen molar-refractivity contribution in [2.24, 2.45) is 0 Å². The van der Waals surface area contributed by atoms with Crippen LogP contribution in [0.25, 0.3) is 0 Å². The number of aliphatic hydroxyl groups excluding tert-OH is 1. The minimum absolute atomic E-state index is 0. The van der Waals surface area contributed by atoms with Gasteiger partial charge in [0.05, 0.1) is 0 Å². The van der Waals surface area contributed by atoms with Crippen molar-refractivity contribution >= 4 is 58.8 Å². The maximum atomic E-state index is 8.74. The SMILES string of the molecule is CCO.OB1OB2OB(O)OB(O1)O2.[NaH]. The first-order chi connectivity index (χ1) is 6.65. The van der Waals surface area contributed by atoms with Gasteiger partial charge in [-0.15, -0.1) is 0 Å². The predicted octanol–water partition coefficient (Wildman–Crippen LogP) is -3.63. The van der Waals surface area contributed by atoms with Gasteiger partial charge in [-0.2, -0.15) is 0 Å². The second-order valence-electron chi connectivity index (χ2n) is 2.19. The molecule has 0 atom stereocenters. The summed E-state index contributed by atoms with van der Waals surface area (Å²) in [5, 5.41) is 25.0. The van der Waals surface area contributed by atoms with Crippen molar-refractivity contribution in [3.8, 4) is 0 Å². The summed E-state index contributed by atoms with van der Waals surface area (Å²) in [5.74, 6) is 0. The summed E-state index contributed by atoms with van der Waals surface area (Å²) in [7, 11) is -5.20. The van der Waals surface area contributed by atoms with Crippen LogP contribution < -0.4 is 0 Å². The maximum absolute atomic E-state index is 8.74. The molecule has 8 nitrogen and oxygen atoms in total. The molecular weight excluding hydrogens is 218 g/mol. The fraction of sp³-hybridized carbons (Fsp3) is 1.00. The van der Waals surface area contributed by atoms with E-state index in [0.29, 0.717) is 0 Å². The van der Waals surface area contributed by atoms with Crippen molar-refractivity contribution in [2.45, 2.75) is 6.92 Å². The average molecular weight is 227 g/mol. The summed E-state index contributed by atoms with van der Waals surface area (Å²) in [6.07, 6.45) is 0. The average Bonchev–Trinajstić information content (AvgIpc) is 2.01. The molecule has 13 heteroatoms. The molecule has 0 aromatic rings. The van der Waals surface area contributed by atoms with E-state index in [-0.39, 0.29) is 36.2 Å². The summed E-state index contributed by atoms with van der Waals surface area (Å²) in [6.45, 7) is 1.93. The molecule has 2 aliphatic rings. The van der Waals surface area contributed by atoms with Crippen molar-refractivity contribution in [3.05, 3.63) is 0 Å². The number of rotatable bonds is 0. The van der Waals surface area contributed by atoms with Crippen LogP contribution in [-0.2, 0) is 22.9 Å². The monoisotopic (exact) mass is 228 g/mol. The fourth-order valence-corrected chi connectivity index (χ4v) is 0.728. The van der Waals surface area contributed by atoms with Crippen molar-refractivity contribution < 1.29 is 38.0 Å². The molecule has 15 heavy (non-hydrogen) atoms. The van der Waals surface area contributed by atoms with Gasteiger partial charge in [0.25, 0.3) is 0 Å². The molecule has 3 N–H and O–H groups in total. The summed E-state index contributed by atoms with van der Waals surface area (Å²) < 4.78 is 22.6. The van der Waals surface area contributed by atoms with Crippen LogP contribution in [0, 0.1) is 0 Å². The Morgan fingerprint density at radius 1 is 0.867 bits per heavy atom. The van der Waals surface area contributed by atoms with Gasteiger partial charge < -0.3 is 38.0 Å². The quantitative estimate of drug-likeness (QED) is 0.364. The Bertz CT molecular complexity index is 141. The van der Waals surface area contributed by atoms with Crippen LogP contribution in [0.2, 0.25) is 0 Å². The molecule has 0 radical (unpaired) electrons. The topological polar surface area (TPSA) is 107 Å². The van der Waals surface area contributed by atoms with Gasteiger partial charge in [-0.3, -0.25) is 0 Å². The Morgan fingerprint density at radius 3 is 1.40 bits per heavy atom. The van der Waals surface area contributed by atoms with Crippen LogP contribution in [-0.4, -0.2) is 80.6 Å². The zero-order valence-electron chi connectivity index (χ0n) is 7.40. The first-order valence-corrected chi connectivity index (χ1v) is 3.90. The van der Waals surface area contributed by atoms with Gasteiger partial charge in [0, 0.05) is 6.61 Å². The van der Waals surface area contributed by atoms with Gasteiger partial charge in [-0.1, -0.05) is 0 Å². The van der Waals surface area contributed by atoms with E-state index < -0.39 is 29.3 Å². The normalized spacial score (nSPS) is 19.2. The van der Waals surface area contributed by atoms with E-state index in [1.807, 2.05) is 0 Å². The summed E-state index contributed by atoms with van der Waals surface area (Å²) in [4.78, 5) is 0. The van der Waals surface area contributed by atoms with E-state index in [4.69, 9.17) is 15.2 Å². The molecule has 2 aliphatic heterocycles. The van der Waals surface area contributed by atoms with Gasteiger partial charge in [0.15, 0.2) is 0 Å². The van der Waals surface area contributed by atoms with Crippen molar-refractivity contribution in [3.63, 3.8) is 0 Å². The third-order valence-electron chi connectivity index (χ3n) is 1.13. The van der Waals surface area contributed by atoms with Crippen molar-refractivity contribution in [1.82, 2.24) is 0 Å². The Balaban J connectivity index is 0.000000443. The first-order valence-electron chi connectivity index (χ1n) is 3.90. The van der Waals surface area contributed by atoms with Crippen LogP contribution >= 0.6 is 0 Å². The van der Waals surface area contributed by atoms with Crippen LogP contribution in [0.1, 0.15) is 6.92 Å². The molecule has 2 heterocycles. The van der Waals surface area contributed by atoms with Crippen LogP contribution in [0.15, 0.2) is 0 Å². The van der Waals surface area contributed by atoms with Crippen LogP contribution in [0.3, 0.4) is 0 Å². The number of hydrogen-bond donors (Lipinski definition) is 3. The second kappa shape index (κ2) is 8.09. The molecule has 0 saturated carbocycles. The van der Waals surface area contributed by atoms with E-state index in [9.17, 15) is 0 Å². The molecule has 0 unspecified atom stereocenters. The van der Waals surface area contributed by atoms with E-state index in [2.05, 4.69) is 22.9 Å². The molecule has 0 spiro atoms. The Morgan fingerprint density at radius 2 is 1.13 bits per heavy atom. The molecule has 78 valence electrons. The summed E-state index contributed by atoms with van der Waals surface area (Å²) >= 11 is 0. The standard InChI is InChI=1S/C2H6O.B4H2O7.Na.H/c1-2-3;5-1-7-3-9-2(6)10-4(8-1)11-3;;/h3H,2H2,1H3;5-6H;;. The van der Waals surface area contributed by atoms with E-state index in [0.717, 1.165) is 0 Å². The molecule has 0 amide bonds. The molecule has 0 aromatic heterocycles. The predicted molar refractivity (Wildman–Crippen MR) is 52.8 cm³/mol. The summed E-state index contributed by atoms with van der Waals surface area (Å²) in [6, 6.07) is 0. The van der Waals surface area contributed by atoms with E-state index in [1.54, 1.807) is 6.92 Å². The van der Waals surface area contributed by atoms with Crippen molar-refractivity contribution in [1.29, 1.82) is 0 Å². The number of aliphatic hydroxyl groups is 1. The second-order valence-corrected chi connectivity index (χ2v) is 2.19. The fourth-order valence-electron chi connectivity index (χ4n) is 0.728. The Kier molecular flexibility index (Phi) is 8.60. The van der Waals surface area contributed by atoms with Gasteiger partial charge in [-0.25, -0.2) is 0 Å². The zero-order chi connectivity index (χ0) is 10.6. The molecule has 0 aromatic carbocycles. The van der Waals surface area contributed by atoms with Crippen molar-refractivity contribution in [2.75, 3.05) is 6.61 Å². The third kappa shape index (κ3) is 5.70. The van der Waals surface area contributed by atoms with E-state index in [1.165, 1.54) is 0 Å². The van der Waals surface area contributed by atoms with E-state index >= 15 is 0 Å². The molecule has 0 aliphatic carbocycles. The Labute approximate surface area is 110 Å². The van der Waals surface area contributed by atoms with Gasteiger partial charge in [-0.05, 0) is 6.92 Å². The molecule has 2 fully saturated rings. The number of fused-ring (bicyclic) bond motifs is 2. The number of hydrogen-bond acceptors (Lipinski definition) is 8. The zero-order valence-corrected chi connectivity index (χ0v) is 7.40. The first kappa shape index (κ1) is 15.9. The molecule has 2 bridgehead atoms. The molecule has 2 rings (SSSR count). The van der Waals surface area contributed by atoms with Crippen LogP contribution in [0.5, 0.6) is 0 Å².